The van der Waals surface area contributed by atoms with E-state index in [1.54, 1.807) is 11.4 Å². The van der Waals surface area contributed by atoms with Gasteiger partial charge in [0.05, 0.1) is 17.8 Å². The predicted octanol–water partition coefficient (Wildman–Crippen LogP) is 2.89. The van der Waals surface area contributed by atoms with Crippen LogP contribution < -0.4 is 4.72 Å². The van der Waals surface area contributed by atoms with Gasteiger partial charge in [-0.15, -0.1) is 11.3 Å². The minimum absolute atomic E-state index is 0.108. The zero-order chi connectivity index (χ0) is 16.7. The van der Waals surface area contributed by atoms with Gasteiger partial charge < -0.3 is 4.40 Å². The largest absolute Gasteiger partial charge is 0.417 e. The molecule has 0 aliphatic heterocycles. The fraction of sp³-hybridized carbons (Fsp3) is 0.154. The fourth-order valence-corrected chi connectivity index (χ4v) is 3.99. The van der Waals surface area contributed by atoms with Gasteiger partial charge in [-0.1, -0.05) is 6.07 Å². The van der Waals surface area contributed by atoms with E-state index in [4.69, 9.17) is 0 Å². The van der Waals surface area contributed by atoms with Gasteiger partial charge in [0.25, 0.3) is 0 Å². The van der Waals surface area contributed by atoms with Crippen LogP contribution in [0.5, 0.6) is 0 Å². The number of thiophene rings is 1. The minimum Gasteiger partial charge on any atom is -0.306 e. The molecule has 0 saturated carbocycles. The van der Waals surface area contributed by atoms with Crippen LogP contribution in [0.4, 0.5) is 13.2 Å². The number of imidazole rings is 1. The number of fused-ring (bicyclic) bond motifs is 1. The molecule has 0 radical (unpaired) electrons. The maximum absolute atomic E-state index is 12.7. The Morgan fingerprint density at radius 2 is 2.00 bits per heavy atom. The van der Waals surface area contributed by atoms with Crippen molar-refractivity contribution >= 4 is 27.0 Å². The molecule has 3 aromatic heterocycles. The smallest absolute Gasteiger partial charge is 0.306 e. The Labute approximate surface area is 133 Å². The van der Waals surface area contributed by atoms with Gasteiger partial charge in [-0.3, -0.25) is 0 Å². The number of nitrogens with zero attached hydrogens (tertiary/aromatic N) is 2. The van der Waals surface area contributed by atoms with Crippen LogP contribution in [0.3, 0.4) is 0 Å². The molecule has 0 aliphatic rings. The quantitative estimate of drug-likeness (QED) is 0.777. The summed E-state index contributed by atoms with van der Waals surface area (Å²) in [5.74, 6) is 0. The molecule has 0 atom stereocenters. The summed E-state index contributed by atoms with van der Waals surface area (Å²) in [5.41, 5.74) is -0.166. The highest BCUT2D eigenvalue weighted by atomic mass is 32.2. The van der Waals surface area contributed by atoms with E-state index in [2.05, 4.69) is 9.71 Å². The van der Waals surface area contributed by atoms with Crippen molar-refractivity contribution in [1.82, 2.24) is 14.1 Å². The number of aromatic nitrogens is 2. The minimum atomic E-state index is -4.45. The topological polar surface area (TPSA) is 63.5 Å². The molecule has 1 N–H and O–H groups in total. The lowest BCUT2D eigenvalue weighted by Gasteiger charge is -2.05. The standard InChI is InChI=1S/C13H10F3N3O2S2/c14-13(15,16)9-3-4-11-18-10(8-19(11)7-9)6-17-23(20,21)12-2-1-5-22-12/h1-5,7-8,17H,6H2. The Kier molecular flexibility index (Phi) is 3.90. The van der Waals surface area contributed by atoms with Crippen LogP contribution in [0.15, 0.2) is 46.2 Å². The highest BCUT2D eigenvalue weighted by molar-refractivity contribution is 7.91. The molecule has 0 saturated heterocycles. The molecule has 0 spiro atoms. The van der Waals surface area contributed by atoms with Gasteiger partial charge in [0.2, 0.25) is 10.0 Å². The summed E-state index contributed by atoms with van der Waals surface area (Å²) in [4.78, 5) is 4.09. The summed E-state index contributed by atoms with van der Waals surface area (Å²) in [7, 11) is -3.64. The van der Waals surface area contributed by atoms with Crippen LogP contribution in [0.1, 0.15) is 11.3 Å². The van der Waals surface area contributed by atoms with Crippen molar-refractivity contribution in [1.29, 1.82) is 0 Å². The first-order valence-electron chi connectivity index (χ1n) is 6.34. The van der Waals surface area contributed by atoms with E-state index in [1.807, 2.05) is 0 Å². The van der Waals surface area contributed by atoms with Crippen molar-refractivity contribution in [3.63, 3.8) is 0 Å². The molecular weight excluding hydrogens is 351 g/mol. The van der Waals surface area contributed by atoms with Crippen LogP contribution >= 0.6 is 11.3 Å². The zero-order valence-electron chi connectivity index (χ0n) is 11.4. The van der Waals surface area contributed by atoms with Gasteiger partial charge in [-0.25, -0.2) is 18.1 Å². The molecular formula is C13H10F3N3O2S2. The van der Waals surface area contributed by atoms with Gasteiger partial charge in [0.15, 0.2) is 0 Å². The van der Waals surface area contributed by atoms with E-state index in [0.29, 0.717) is 11.3 Å². The summed E-state index contributed by atoms with van der Waals surface area (Å²) in [6.07, 6.45) is -2.17. The van der Waals surface area contributed by atoms with Crippen LogP contribution in [0.25, 0.3) is 5.65 Å². The Hall–Kier alpha value is -1.91. The van der Waals surface area contributed by atoms with Crippen molar-refractivity contribution in [2.75, 3.05) is 0 Å². The van der Waals surface area contributed by atoms with Crippen molar-refractivity contribution in [2.24, 2.45) is 0 Å². The first-order valence-corrected chi connectivity index (χ1v) is 8.70. The van der Waals surface area contributed by atoms with Crippen molar-refractivity contribution in [3.8, 4) is 0 Å². The molecule has 0 fully saturated rings. The second-order valence-corrected chi connectivity index (χ2v) is 7.61. The van der Waals surface area contributed by atoms with Gasteiger partial charge in [-0.05, 0) is 23.6 Å². The molecule has 3 heterocycles. The summed E-state index contributed by atoms with van der Waals surface area (Å²) in [5, 5.41) is 1.64. The van der Waals surface area contributed by atoms with E-state index in [9.17, 15) is 21.6 Å². The summed E-state index contributed by atoms with van der Waals surface area (Å²) in [6.45, 7) is -0.108. The fourth-order valence-electron chi connectivity index (χ4n) is 1.95. The third-order valence-electron chi connectivity index (χ3n) is 3.03. The van der Waals surface area contributed by atoms with E-state index >= 15 is 0 Å². The second kappa shape index (κ2) is 5.62. The van der Waals surface area contributed by atoms with Gasteiger partial charge in [0, 0.05) is 12.4 Å². The van der Waals surface area contributed by atoms with E-state index in [0.717, 1.165) is 23.6 Å². The molecule has 3 aromatic rings. The van der Waals surface area contributed by atoms with Crippen molar-refractivity contribution in [2.45, 2.75) is 16.9 Å². The lowest BCUT2D eigenvalue weighted by atomic mass is 10.3. The third kappa shape index (κ3) is 3.38. The molecule has 0 aliphatic carbocycles. The molecule has 5 nitrogen and oxygen atoms in total. The van der Waals surface area contributed by atoms with Crippen molar-refractivity contribution < 1.29 is 21.6 Å². The van der Waals surface area contributed by atoms with Gasteiger partial charge >= 0.3 is 6.18 Å². The molecule has 122 valence electrons. The zero-order valence-corrected chi connectivity index (χ0v) is 13.0. The molecule has 0 unspecified atom stereocenters. The average Bonchev–Trinajstić information content (AvgIpc) is 3.12. The normalized spacial score (nSPS) is 12.8. The van der Waals surface area contributed by atoms with E-state index in [1.165, 1.54) is 22.7 Å². The number of rotatable bonds is 4. The highest BCUT2D eigenvalue weighted by Gasteiger charge is 2.30. The molecule has 0 amide bonds. The van der Waals surface area contributed by atoms with Gasteiger partial charge in [0.1, 0.15) is 9.86 Å². The van der Waals surface area contributed by atoms with E-state index in [-0.39, 0.29) is 10.8 Å². The number of nitrogens with one attached hydrogen (secondary N) is 1. The maximum atomic E-state index is 12.7. The Morgan fingerprint density at radius 3 is 2.65 bits per heavy atom. The number of hydrogen-bond acceptors (Lipinski definition) is 4. The summed E-state index contributed by atoms with van der Waals surface area (Å²) >= 11 is 1.07. The van der Waals surface area contributed by atoms with Crippen LogP contribution in [-0.2, 0) is 22.7 Å². The van der Waals surface area contributed by atoms with Crippen LogP contribution in [0.2, 0.25) is 0 Å². The lowest BCUT2D eigenvalue weighted by Crippen LogP contribution is -2.22. The Bertz CT molecular complexity index is 931. The highest BCUT2D eigenvalue weighted by Crippen LogP contribution is 2.29. The third-order valence-corrected chi connectivity index (χ3v) is 5.83. The van der Waals surface area contributed by atoms with E-state index < -0.39 is 21.8 Å². The Morgan fingerprint density at radius 1 is 1.22 bits per heavy atom. The Balaban J connectivity index is 1.82. The SMILES string of the molecule is O=S(=O)(NCc1cn2cc(C(F)(F)F)ccc2n1)c1cccs1. The maximum Gasteiger partial charge on any atom is 0.417 e. The number of halogens is 3. The second-order valence-electron chi connectivity index (χ2n) is 4.67. The molecule has 0 aromatic carbocycles. The number of hydrogen-bond donors (Lipinski definition) is 1. The summed E-state index contributed by atoms with van der Waals surface area (Å²) < 4.78 is 65.7. The van der Waals surface area contributed by atoms with Crippen LogP contribution in [-0.4, -0.2) is 17.8 Å². The molecule has 10 heteroatoms. The predicted molar refractivity (Wildman–Crippen MR) is 78.5 cm³/mol. The number of pyridine rings is 1. The lowest BCUT2D eigenvalue weighted by molar-refractivity contribution is -0.137. The average molecular weight is 361 g/mol. The van der Waals surface area contributed by atoms with Gasteiger partial charge in [-0.2, -0.15) is 13.2 Å². The molecule has 23 heavy (non-hydrogen) atoms. The number of sulfonamides is 1. The summed E-state index contributed by atoms with van der Waals surface area (Å²) in [6, 6.07) is 5.25. The van der Waals surface area contributed by atoms with Crippen molar-refractivity contribution in [3.05, 3.63) is 53.3 Å². The van der Waals surface area contributed by atoms with Crippen LogP contribution in [0, 0.1) is 0 Å². The first-order chi connectivity index (χ1) is 10.8. The molecule has 0 bridgehead atoms. The first kappa shape index (κ1) is 16.0. The number of alkyl halides is 3. The molecule has 3 rings (SSSR count). The monoisotopic (exact) mass is 361 g/mol.